The van der Waals surface area contributed by atoms with Gasteiger partial charge in [-0.05, 0) is 75.0 Å². The molecule has 134 valence electrons. The third kappa shape index (κ3) is 2.71. The van der Waals surface area contributed by atoms with Crippen LogP contribution in [0.1, 0.15) is 47.5 Å². The summed E-state index contributed by atoms with van der Waals surface area (Å²) in [6, 6.07) is 0. The fourth-order valence-electron chi connectivity index (χ4n) is 4.74. The second-order valence-corrected chi connectivity index (χ2v) is 8.37. The Bertz CT molecular complexity index is 588. The van der Waals surface area contributed by atoms with Crippen LogP contribution in [-0.2, 0) is 9.47 Å². The Morgan fingerprint density at radius 2 is 2.00 bits per heavy atom. The van der Waals surface area contributed by atoms with E-state index in [0.29, 0.717) is 23.7 Å². The Morgan fingerprint density at radius 1 is 1.29 bits per heavy atom. The van der Waals surface area contributed by atoms with Crippen molar-refractivity contribution in [2.45, 2.75) is 65.0 Å². The highest BCUT2D eigenvalue weighted by atomic mass is 16.7. The van der Waals surface area contributed by atoms with E-state index < -0.39 is 17.5 Å². The van der Waals surface area contributed by atoms with Crippen LogP contribution in [0.4, 0.5) is 0 Å². The van der Waals surface area contributed by atoms with Gasteiger partial charge >= 0.3 is 0 Å². The molecule has 0 unspecified atom stereocenters. The number of methoxy groups -OCH3 is 1. The number of ether oxygens (including phenoxy) is 2. The molecule has 2 bridgehead atoms. The minimum absolute atomic E-state index is 0.359. The third-order valence-corrected chi connectivity index (χ3v) is 6.55. The topological polar surface area (TPSA) is 38.7 Å². The van der Waals surface area contributed by atoms with E-state index in [0.717, 1.165) is 18.4 Å². The second kappa shape index (κ2) is 6.12. The minimum Gasteiger partial charge on any atom is -0.390 e. The molecule has 3 rings (SSSR count). The van der Waals surface area contributed by atoms with Crippen molar-refractivity contribution in [3.8, 4) is 0 Å². The van der Waals surface area contributed by atoms with Crippen molar-refractivity contribution in [1.29, 1.82) is 0 Å². The van der Waals surface area contributed by atoms with E-state index in [4.69, 9.17) is 9.47 Å². The van der Waals surface area contributed by atoms with Crippen molar-refractivity contribution in [2.75, 3.05) is 7.11 Å². The van der Waals surface area contributed by atoms with E-state index in [1.165, 1.54) is 5.57 Å². The van der Waals surface area contributed by atoms with Crippen molar-refractivity contribution in [2.24, 2.45) is 23.7 Å². The number of rotatable bonds is 2. The van der Waals surface area contributed by atoms with Gasteiger partial charge in [0, 0.05) is 7.11 Å². The first-order valence-corrected chi connectivity index (χ1v) is 9.22. The second-order valence-electron chi connectivity index (χ2n) is 8.37. The van der Waals surface area contributed by atoms with Crippen LogP contribution >= 0.6 is 0 Å². The average molecular weight is 332 g/mol. The van der Waals surface area contributed by atoms with Gasteiger partial charge in [-0.25, -0.2) is 0 Å². The van der Waals surface area contributed by atoms with Crippen molar-refractivity contribution >= 4 is 0 Å². The Morgan fingerprint density at radius 3 is 2.62 bits per heavy atom. The van der Waals surface area contributed by atoms with Crippen LogP contribution in [0.15, 0.2) is 35.5 Å². The molecule has 0 aromatic heterocycles. The van der Waals surface area contributed by atoms with Gasteiger partial charge in [0.15, 0.2) is 0 Å². The summed E-state index contributed by atoms with van der Waals surface area (Å²) in [5.41, 5.74) is 1.79. The first-order valence-electron chi connectivity index (χ1n) is 9.22. The monoisotopic (exact) mass is 332 g/mol. The lowest BCUT2D eigenvalue weighted by Crippen LogP contribution is -2.45. The van der Waals surface area contributed by atoms with Crippen LogP contribution < -0.4 is 0 Å². The summed E-state index contributed by atoms with van der Waals surface area (Å²) in [4.78, 5) is 0. The first kappa shape index (κ1) is 17.9. The van der Waals surface area contributed by atoms with E-state index in [9.17, 15) is 5.11 Å². The van der Waals surface area contributed by atoms with Crippen LogP contribution in [0.5, 0.6) is 0 Å². The van der Waals surface area contributed by atoms with Crippen molar-refractivity contribution in [3.63, 3.8) is 0 Å². The highest BCUT2D eigenvalue weighted by Crippen LogP contribution is 2.48. The predicted molar refractivity (Wildman–Crippen MR) is 96.4 cm³/mol. The Labute approximate surface area is 146 Å². The van der Waals surface area contributed by atoms with E-state index in [-0.39, 0.29) is 0 Å². The number of aliphatic hydroxyl groups is 1. The minimum atomic E-state index is -0.846. The first-order chi connectivity index (χ1) is 11.2. The molecule has 0 saturated heterocycles. The quantitative estimate of drug-likeness (QED) is 0.769. The zero-order valence-electron chi connectivity index (χ0n) is 15.9. The molecule has 0 radical (unpaired) electrons. The van der Waals surface area contributed by atoms with E-state index >= 15 is 0 Å². The lowest BCUT2D eigenvalue weighted by atomic mass is 9.65. The van der Waals surface area contributed by atoms with E-state index in [2.05, 4.69) is 39.8 Å². The maximum atomic E-state index is 11.0. The van der Waals surface area contributed by atoms with Gasteiger partial charge in [-0.15, -0.1) is 0 Å². The smallest absolute Gasteiger partial charge is 0.211 e. The predicted octanol–water partition coefficient (Wildman–Crippen LogP) is 4.24. The summed E-state index contributed by atoms with van der Waals surface area (Å²) in [5, 5.41) is 11.0. The molecule has 2 aliphatic heterocycles. The van der Waals surface area contributed by atoms with Crippen molar-refractivity contribution in [3.05, 3.63) is 35.5 Å². The molecule has 0 aromatic rings. The van der Waals surface area contributed by atoms with Crippen LogP contribution in [0.25, 0.3) is 0 Å². The summed E-state index contributed by atoms with van der Waals surface area (Å²) in [6.07, 6.45) is 9.97. The normalized spacial score (nSPS) is 47.3. The van der Waals surface area contributed by atoms with Gasteiger partial charge in [0.1, 0.15) is 5.60 Å². The molecule has 2 heterocycles. The zero-order valence-corrected chi connectivity index (χ0v) is 15.9. The van der Waals surface area contributed by atoms with Gasteiger partial charge in [0.2, 0.25) is 5.79 Å². The number of hydrogen-bond acceptors (Lipinski definition) is 3. The van der Waals surface area contributed by atoms with Crippen LogP contribution in [0, 0.1) is 23.7 Å². The SMILES string of the molecule is CO[C@]12C=C[C@](C)(O1)[C@@H](O)C[C@H]1C(C)=CC[C@H](C(C)C)[C@H]1/C=C\2C. The van der Waals surface area contributed by atoms with Crippen molar-refractivity contribution < 1.29 is 14.6 Å². The summed E-state index contributed by atoms with van der Waals surface area (Å²) < 4.78 is 12.1. The fraction of sp³-hybridized carbons (Fsp3) is 0.714. The molecule has 0 spiro atoms. The lowest BCUT2D eigenvalue weighted by Gasteiger charge is -2.40. The Hall–Kier alpha value is -0.900. The highest BCUT2D eigenvalue weighted by molar-refractivity contribution is 5.31. The molecule has 3 nitrogen and oxygen atoms in total. The highest BCUT2D eigenvalue weighted by Gasteiger charge is 2.50. The number of hydrogen-bond donors (Lipinski definition) is 1. The number of fused-ring (bicyclic) bond motifs is 3. The maximum absolute atomic E-state index is 11.0. The van der Waals surface area contributed by atoms with Crippen LogP contribution in [0.2, 0.25) is 0 Å². The molecule has 3 aliphatic rings. The Balaban J connectivity index is 2.11. The molecule has 0 fully saturated rings. The van der Waals surface area contributed by atoms with Crippen LogP contribution in [0.3, 0.4) is 0 Å². The fourth-order valence-corrected chi connectivity index (χ4v) is 4.74. The largest absolute Gasteiger partial charge is 0.390 e. The van der Waals surface area contributed by atoms with Crippen LogP contribution in [-0.4, -0.2) is 29.7 Å². The van der Waals surface area contributed by atoms with Gasteiger partial charge in [-0.1, -0.05) is 31.6 Å². The number of aliphatic hydroxyl groups excluding tert-OH is 1. The molecular weight excluding hydrogens is 300 g/mol. The number of allylic oxidation sites excluding steroid dienone is 3. The summed E-state index contributed by atoms with van der Waals surface area (Å²) in [7, 11) is 1.68. The molecule has 6 atom stereocenters. The standard InChI is InChI=1S/C21H32O3/c1-13(2)16-8-7-14(3)17-12-19(22)20(5)9-10-21(23-6,24-20)15(4)11-18(16)17/h7,9-11,13,16-19,22H,8,12H2,1-6H3/b15-11-/t16-,17+,18-,19+,20+,21-/m1/s1. The van der Waals surface area contributed by atoms with Gasteiger partial charge in [-0.3, -0.25) is 0 Å². The molecule has 1 aliphatic carbocycles. The molecule has 3 heteroatoms. The Kier molecular flexibility index (Phi) is 4.57. The molecule has 24 heavy (non-hydrogen) atoms. The zero-order chi connectivity index (χ0) is 17.7. The van der Waals surface area contributed by atoms with Gasteiger partial charge in [-0.2, -0.15) is 0 Å². The van der Waals surface area contributed by atoms with E-state index in [1.54, 1.807) is 7.11 Å². The summed E-state index contributed by atoms with van der Waals surface area (Å²) in [6.45, 7) is 10.9. The summed E-state index contributed by atoms with van der Waals surface area (Å²) >= 11 is 0. The molecule has 0 aromatic carbocycles. The van der Waals surface area contributed by atoms with Gasteiger partial charge < -0.3 is 14.6 Å². The molecule has 1 N–H and O–H groups in total. The molecule has 0 amide bonds. The molecular formula is C21H32O3. The van der Waals surface area contributed by atoms with Crippen molar-refractivity contribution in [1.82, 2.24) is 0 Å². The third-order valence-electron chi connectivity index (χ3n) is 6.55. The van der Waals surface area contributed by atoms with Gasteiger partial charge in [0.25, 0.3) is 0 Å². The lowest BCUT2D eigenvalue weighted by molar-refractivity contribution is -0.219. The van der Waals surface area contributed by atoms with E-state index in [1.807, 2.05) is 19.1 Å². The summed E-state index contributed by atoms with van der Waals surface area (Å²) in [5.74, 6) is 1.12. The molecule has 0 saturated carbocycles. The maximum Gasteiger partial charge on any atom is 0.211 e. The van der Waals surface area contributed by atoms with Gasteiger partial charge in [0.05, 0.1) is 6.10 Å². The average Bonchev–Trinajstić information content (AvgIpc) is 2.90.